The van der Waals surface area contributed by atoms with Crippen LogP contribution in [-0.4, -0.2) is 86.0 Å². The number of hydroxylamine groups is 2. The molecule has 0 aromatic heterocycles. The molecule has 320 valence electrons. The standard InChI is InChI=1S/C38H45N9O12S/c1-2-18-40-36(54)44-27-7-4-9-29(22-27)60(57,58)46-28-8-3-6-24(21-28)30(23-34(51)52)45-38(56)43-26-14-12-25(13-15-26)42-37(55)41-20-19-39-31(48)10-5-11-35(53)59-47-32(49)16-17-33(47)50/h3-4,6-9,12-15,21-22,30,46H,2,5,10-11,16-20,23H2,1H3,(H,39,48)(H,51,52)(H2,40,44,54)(H2,41,42,55)(H2,43,45,56)/t30-/m1/s1. The van der Waals surface area contributed by atoms with Crippen molar-refractivity contribution in [1.82, 2.24) is 26.3 Å². The Morgan fingerprint density at radius 3 is 1.95 bits per heavy atom. The van der Waals surface area contributed by atoms with E-state index in [4.69, 9.17) is 4.84 Å². The third-order valence-electron chi connectivity index (χ3n) is 8.28. The number of sulfonamides is 1. The lowest BCUT2D eigenvalue weighted by atomic mass is 10.0. The van der Waals surface area contributed by atoms with Crippen LogP contribution in [0.1, 0.15) is 63.5 Å². The van der Waals surface area contributed by atoms with Crippen molar-refractivity contribution < 1.29 is 56.7 Å². The molecule has 9 amide bonds. The van der Waals surface area contributed by atoms with Gasteiger partial charge in [-0.25, -0.2) is 27.6 Å². The van der Waals surface area contributed by atoms with Crippen molar-refractivity contribution in [2.24, 2.45) is 0 Å². The molecule has 1 saturated heterocycles. The Morgan fingerprint density at radius 2 is 1.30 bits per heavy atom. The fraction of sp³-hybridized carbons (Fsp3) is 0.316. The second-order valence-electron chi connectivity index (χ2n) is 13.1. The van der Waals surface area contributed by atoms with Crippen molar-refractivity contribution in [3.8, 4) is 0 Å². The van der Waals surface area contributed by atoms with E-state index in [0.29, 0.717) is 23.0 Å². The van der Waals surface area contributed by atoms with Gasteiger partial charge < -0.3 is 47.2 Å². The second kappa shape index (κ2) is 22.1. The number of hydrogen-bond donors (Lipinski definition) is 9. The van der Waals surface area contributed by atoms with Gasteiger partial charge in [0.2, 0.25) is 5.91 Å². The maximum absolute atomic E-state index is 13.2. The monoisotopic (exact) mass is 851 g/mol. The molecular weight excluding hydrogens is 807 g/mol. The quantitative estimate of drug-likeness (QED) is 0.0584. The molecule has 0 unspecified atom stereocenters. The number of hydrogen-bond acceptors (Lipinski definition) is 11. The molecule has 0 bridgehead atoms. The number of imide groups is 1. The predicted molar refractivity (Wildman–Crippen MR) is 216 cm³/mol. The van der Waals surface area contributed by atoms with Gasteiger partial charge in [0.05, 0.1) is 17.4 Å². The minimum Gasteiger partial charge on any atom is -0.481 e. The minimum absolute atomic E-state index is 0.0233. The topological polar surface area (TPSA) is 300 Å². The molecular formula is C38H45N9O12S. The van der Waals surface area contributed by atoms with Crippen LogP contribution >= 0.6 is 0 Å². The van der Waals surface area contributed by atoms with E-state index in [1.807, 2.05) is 6.92 Å². The van der Waals surface area contributed by atoms with Crippen LogP contribution in [0.5, 0.6) is 0 Å². The third-order valence-corrected chi connectivity index (χ3v) is 9.66. The number of nitrogens with zero attached hydrogens (tertiary/aromatic N) is 1. The Morgan fingerprint density at radius 1 is 0.717 bits per heavy atom. The first-order valence-corrected chi connectivity index (χ1v) is 20.2. The molecule has 21 nitrogen and oxygen atoms in total. The first-order chi connectivity index (χ1) is 28.6. The van der Waals surface area contributed by atoms with E-state index in [2.05, 4.69) is 41.9 Å². The van der Waals surface area contributed by atoms with Gasteiger partial charge in [-0.2, -0.15) is 0 Å². The van der Waals surface area contributed by atoms with Crippen LogP contribution in [0.25, 0.3) is 0 Å². The SMILES string of the molecule is CCCNC(=O)Nc1cccc(S(=O)(=O)Nc2cccc([C@@H](CC(=O)O)NC(=O)Nc3ccc(NC(=O)NCCNC(=O)CCCC(=O)ON4C(=O)CCC4=O)cc3)c2)c1. The molecule has 0 spiro atoms. The van der Waals surface area contributed by atoms with Crippen LogP contribution in [-0.2, 0) is 38.8 Å². The summed E-state index contributed by atoms with van der Waals surface area (Å²) >= 11 is 0. The predicted octanol–water partition coefficient (Wildman–Crippen LogP) is 3.37. The highest BCUT2D eigenvalue weighted by Crippen LogP contribution is 2.25. The molecule has 1 heterocycles. The third kappa shape index (κ3) is 14.9. The molecule has 3 aromatic rings. The van der Waals surface area contributed by atoms with Crippen molar-refractivity contribution in [3.63, 3.8) is 0 Å². The van der Waals surface area contributed by atoms with Gasteiger partial charge in [0.25, 0.3) is 21.8 Å². The molecule has 1 aliphatic heterocycles. The smallest absolute Gasteiger partial charge is 0.333 e. The number of aliphatic carboxylic acids is 1. The number of anilines is 4. The molecule has 9 N–H and O–H groups in total. The van der Waals surface area contributed by atoms with Crippen LogP contribution in [0.2, 0.25) is 0 Å². The van der Waals surface area contributed by atoms with Gasteiger partial charge in [0, 0.05) is 68.1 Å². The molecule has 1 atom stereocenters. The molecule has 22 heteroatoms. The molecule has 60 heavy (non-hydrogen) atoms. The van der Waals surface area contributed by atoms with E-state index < -0.39 is 64.3 Å². The Bertz CT molecular complexity index is 2170. The number of carbonyl (C=O) groups excluding carboxylic acids is 7. The molecule has 4 rings (SSSR count). The van der Waals surface area contributed by atoms with Crippen molar-refractivity contribution in [2.75, 3.05) is 40.3 Å². The van der Waals surface area contributed by atoms with Crippen LogP contribution in [0.4, 0.5) is 37.1 Å². The van der Waals surface area contributed by atoms with Crippen molar-refractivity contribution in [1.29, 1.82) is 0 Å². The summed E-state index contributed by atoms with van der Waals surface area (Å²) in [5.41, 5.74) is 1.28. The number of rotatable bonds is 20. The summed E-state index contributed by atoms with van der Waals surface area (Å²) in [6.45, 7) is 2.48. The van der Waals surface area contributed by atoms with Crippen molar-refractivity contribution in [2.45, 2.75) is 62.8 Å². The highest BCUT2D eigenvalue weighted by Gasteiger charge is 2.32. The van der Waals surface area contributed by atoms with Crippen molar-refractivity contribution in [3.05, 3.63) is 78.4 Å². The first kappa shape index (κ1) is 45.5. The van der Waals surface area contributed by atoms with Gasteiger partial charge in [-0.1, -0.05) is 25.1 Å². The van der Waals surface area contributed by atoms with Gasteiger partial charge in [0.15, 0.2) is 0 Å². The number of amides is 9. The van der Waals surface area contributed by atoms with E-state index in [-0.39, 0.29) is 72.9 Å². The van der Waals surface area contributed by atoms with E-state index in [0.717, 1.165) is 6.42 Å². The number of nitrogens with one attached hydrogen (secondary N) is 8. The Labute approximate surface area is 344 Å². The zero-order valence-corrected chi connectivity index (χ0v) is 33.2. The Hall–Kier alpha value is -7.23. The summed E-state index contributed by atoms with van der Waals surface area (Å²) in [7, 11) is -4.16. The average Bonchev–Trinajstić information content (AvgIpc) is 3.51. The van der Waals surface area contributed by atoms with Crippen LogP contribution in [0, 0.1) is 0 Å². The van der Waals surface area contributed by atoms with Crippen LogP contribution < -0.4 is 41.9 Å². The van der Waals surface area contributed by atoms with E-state index in [9.17, 15) is 51.9 Å². The van der Waals surface area contributed by atoms with E-state index in [1.165, 1.54) is 72.8 Å². The van der Waals surface area contributed by atoms with E-state index >= 15 is 0 Å². The Kier molecular flexibility index (Phi) is 16.7. The number of benzene rings is 3. The fourth-order valence-corrected chi connectivity index (χ4v) is 6.51. The van der Waals surface area contributed by atoms with Gasteiger partial charge >= 0.3 is 30.0 Å². The average molecular weight is 852 g/mol. The van der Waals surface area contributed by atoms with Crippen molar-refractivity contribution >= 4 is 80.5 Å². The lowest BCUT2D eigenvalue weighted by Crippen LogP contribution is -2.36. The summed E-state index contributed by atoms with van der Waals surface area (Å²) < 4.78 is 28.9. The van der Waals surface area contributed by atoms with Gasteiger partial charge in [-0.3, -0.25) is 23.9 Å². The first-order valence-electron chi connectivity index (χ1n) is 18.7. The molecule has 0 aliphatic carbocycles. The largest absolute Gasteiger partial charge is 0.481 e. The zero-order valence-electron chi connectivity index (χ0n) is 32.4. The number of carboxylic acid groups (broad SMARTS) is 1. The molecule has 0 radical (unpaired) electrons. The van der Waals surface area contributed by atoms with Crippen LogP contribution in [0.15, 0.2) is 77.7 Å². The molecule has 1 fully saturated rings. The second-order valence-corrected chi connectivity index (χ2v) is 14.8. The zero-order chi connectivity index (χ0) is 43.7. The van der Waals surface area contributed by atoms with Gasteiger partial charge in [0.1, 0.15) is 0 Å². The summed E-state index contributed by atoms with van der Waals surface area (Å²) in [4.78, 5) is 101. The van der Waals surface area contributed by atoms with E-state index in [1.54, 1.807) is 0 Å². The van der Waals surface area contributed by atoms with Crippen LogP contribution in [0.3, 0.4) is 0 Å². The lowest BCUT2D eigenvalue weighted by Gasteiger charge is -2.19. The highest BCUT2D eigenvalue weighted by molar-refractivity contribution is 7.92. The number of carboxylic acids is 1. The lowest BCUT2D eigenvalue weighted by molar-refractivity contribution is -0.197. The minimum atomic E-state index is -4.16. The molecule has 3 aromatic carbocycles. The highest BCUT2D eigenvalue weighted by atomic mass is 32.2. The maximum Gasteiger partial charge on any atom is 0.333 e. The summed E-state index contributed by atoms with van der Waals surface area (Å²) in [6, 6.07) is 14.5. The number of carbonyl (C=O) groups is 8. The summed E-state index contributed by atoms with van der Waals surface area (Å²) in [6.07, 6.45) is 0.0340. The summed E-state index contributed by atoms with van der Waals surface area (Å²) in [5, 5.41) is 28.1. The maximum atomic E-state index is 13.2. The Balaban J connectivity index is 1.21. The van der Waals surface area contributed by atoms with Gasteiger partial charge in [-0.15, -0.1) is 5.06 Å². The van der Waals surface area contributed by atoms with Gasteiger partial charge in [-0.05, 0) is 73.0 Å². The summed E-state index contributed by atoms with van der Waals surface area (Å²) in [5.74, 6) is -3.62. The molecule has 0 saturated carbocycles. The number of urea groups is 3. The normalized spacial score (nSPS) is 12.7. The molecule has 1 aliphatic rings. The fourth-order valence-electron chi connectivity index (χ4n) is 5.42.